The lowest BCUT2D eigenvalue weighted by molar-refractivity contribution is 0.444. The second-order valence-corrected chi connectivity index (χ2v) is 4.68. The Balaban J connectivity index is 1.62. The number of rotatable bonds is 5. The fraction of sp³-hybridized carbons (Fsp3) is 0.286. The molecular weight excluding hydrogens is 264 g/mol. The van der Waals surface area contributed by atoms with Crippen LogP contribution in [-0.2, 0) is 6.54 Å². The highest BCUT2D eigenvalue weighted by atomic mass is 19.2. The van der Waals surface area contributed by atoms with Crippen molar-refractivity contribution < 1.29 is 13.5 Å². The normalized spacial score (nSPS) is 14.3. The molecule has 1 aliphatic carbocycles. The van der Waals surface area contributed by atoms with Crippen molar-refractivity contribution in [3.8, 4) is 11.6 Å². The van der Waals surface area contributed by atoms with Gasteiger partial charge in [0.25, 0.3) is 0 Å². The topological polar surface area (TPSA) is 47.0 Å². The van der Waals surface area contributed by atoms with Gasteiger partial charge < -0.3 is 10.1 Å². The van der Waals surface area contributed by atoms with Gasteiger partial charge in [0.05, 0.1) is 18.1 Å². The predicted molar refractivity (Wildman–Crippen MR) is 68.3 cm³/mol. The molecule has 0 amide bonds. The van der Waals surface area contributed by atoms with Gasteiger partial charge in [0.2, 0.25) is 5.88 Å². The Kier molecular flexibility index (Phi) is 3.56. The first-order chi connectivity index (χ1) is 9.70. The quantitative estimate of drug-likeness (QED) is 0.913. The van der Waals surface area contributed by atoms with Crippen molar-refractivity contribution in [2.45, 2.75) is 25.4 Å². The van der Waals surface area contributed by atoms with E-state index in [0.29, 0.717) is 12.6 Å². The van der Waals surface area contributed by atoms with E-state index >= 15 is 0 Å². The van der Waals surface area contributed by atoms with Crippen molar-refractivity contribution in [2.75, 3.05) is 0 Å². The van der Waals surface area contributed by atoms with Gasteiger partial charge in [-0.1, -0.05) is 0 Å². The zero-order chi connectivity index (χ0) is 13.9. The summed E-state index contributed by atoms with van der Waals surface area (Å²) in [5, 5.41) is 3.32. The zero-order valence-electron chi connectivity index (χ0n) is 10.6. The van der Waals surface area contributed by atoms with E-state index in [-0.39, 0.29) is 11.6 Å². The van der Waals surface area contributed by atoms with Crippen LogP contribution in [0.1, 0.15) is 18.5 Å². The Hall–Kier alpha value is -2.08. The molecule has 3 rings (SSSR count). The van der Waals surface area contributed by atoms with Crippen LogP contribution in [0.15, 0.2) is 30.6 Å². The molecule has 0 saturated heterocycles. The Morgan fingerprint density at radius 3 is 2.65 bits per heavy atom. The van der Waals surface area contributed by atoms with Crippen molar-refractivity contribution in [3.63, 3.8) is 0 Å². The first kappa shape index (κ1) is 12.9. The minimum Gasteiger partial charge on any atom is -0.437 e. The molecule has 0 bridgehead atoms. The number of ether oxygens (including phenoxy) is 1. The maximum Gasteiger partial charge on any atom is 0.237 e. The molecule has 1 saturated carbocycles. The van der Waals surface area contributed by atoms with Crippen LogP contribution in [0, 0.1) is 11.6 Å². The molecule has 1 aromatic carbocycles. The number of benzene rings is 1. The van der Waals surface area contributed by atoms with E-state index < -0.39 is 11.6 Å². The van der Waals surface area contributed by atoms with E-state index in [9.17, 15) is 8.78 Å². The van der Waals surface area contributed by atoms with Crippen molar-refractivity contribution >= 4 is 0 Å². The SMILES string of the molecule is Fc1ccc(Oc2cnc(CNC3CC3)cn2)cc1F. The number of aromatic nitrogens is 2. The van der Waals surface area contributed by atoms with Gasteiger partial charge in [-0.2, -0.15) is 0 Å². The maximum absolute atomic E-state index is 13.0. The third kappa shape index (κ3) is 3.27. The monoisotopic (exact) mass is 277 g/mol. The van der Waals surface area contributed by atoms with Crippen LogP contribution in [0.25, 0.3) is 0 Å². The van der Waals surface area contributed by atoms with Crippen molar-refractivity contribution in [2.24, 2.45) is 0 Å². The number of hydrogen-bond donors (Lipinski definition) is 1. The average Bonchev–Trinajstić information content (AvgIpc) is 3.26. The highest BCUT2D eigenvalue weighted by Crippen LogP contribution is 2.21. The molecule has 4 nitrogen and oxygen atoms in total. The van der Waals surface area contributed by atoms with Gasteiger partial charge in [-0.05, 0) is 25.0 Å². The van der Waals surface area contributed by atoms with E-state index in [0.717, 1.165) is 17.8 Å². The van der Waals surface area contributed by atoms with E-state index in [1.807, 2.05) is 0 Å². The summed E-state index contributed by atoms with van der Waals surface area (Å²) in [6.07, 6.45) is 5.49. The third-order valence-electron chi connectivity index (χ3n) is 2.94. The van der Waals surface area contributed by atoms with Crippen LogP contribution in [-0.4, -0.2) is 16.0 Å². The number of halogens is 2. The van der Waals surface area contributed by atoms with Gasteiger partial charge in [0.1, 0.15) is 5.75 Å². The van der Waals surface area contributed by atoms with Crippen molar-refractivity contribution in [1.82, 2.24) is 15.3 Å². The summed E-state index contributed by atoms with van der Waals surface area (Å²) in [7, 11) is 0. The summed E-state index contributed by atoms with van der Waals surface area (Å²) in [5.74, 6) is -1.45. The second-order valence-electron chi connectivity index (χ2n) is 4.68. The zero-order valence-corrected chi connectivity index (χ0v) is 10.6. The minimum atomic E-state index is -0.958. The molecule has 0 spiro atoms. The van der Waals surface area contributed by atoms with Crippen LogP contribution < -0.4 is 10.1 Å². The first-order valence-electron chi connectivity index (χ1n) is 6.38. The highest BCUT2D eigenvalue weighted by molar-refractivity contribution is 5.27. The molecule has 1 N–H and O–H groups in total. The summed E-state index contributed by atoms with van der Waals surface area (Å²) in [4.78, 5) is 8.28. The summed E-state index contributed by atoms with van der Waals surface area (Å²) in [6, 6.07) is 3.92. The molecule has 0 unspecified atom stereocenters. The lowest BCUT2D eigenvalue weighted by Gasteiger charge is -2.06. The summed E-state index contributed by atoms with van der Waals surface area (Å²) < 4.78 is 31.1. The number of nitrogens with one attached hydrogen (secondary N) is 1. The largest absolute Gasteiger partial charge is 0.437 e. The summed E-state index contributed by atoms with van der Waals surface area (Å²) in [5.41, 5.74) is 0.814. The van der Waals surface area contributed by atoms with Gasteiger partial charge in [-0.25, -0.2) is 13.8 Å². The molecule has 1 fully saturated rings. The standard InChI is InChI=1S/C14H13F2N3O/c15-12-4-3-11(5-13(12)16)20-14-8-18-10(7-19-14)6-17-9-1-2-9/h3-5,7-9,17H,1-2,6H2. The van der Waals surface area contributed by atoms with Gasteiger partial charge in [0.15, 0.2) is 11.6 Å². The molecule has 20 heavy (non-hydrogen) atoms. The first-order valence-corrected chi connectivity index (χ1v) is 6.38. The molecule has 104 valence electrons. The van der Waals surface area contributed by atoms with E-state index in [1.165, 1.54) is 25.1 Å². The fourth-order valence-electron chi connectivity index (χ4n) is 1.68. The van der Waals surface area contributed by atoms with E-state index in [2.05, 4.69) is 15.3 Å². The molecule has 1 aromatic heterocycles. The molecular formula is C14H13F2N3O. The number of hydrogen-bond acceptors (Lipinski definition) is 4. The summed E-state index contributed by atoms with van der Waals surface area (Å²) >= 11 is 0. The molecule has 2 aromatic rings. The fourth-order valence-corrected chi connectivity index (χ4v) is 1.68. The lowest BCUT2D eigenvalue weighted by atomic mass is 10.3. The minimum absolute atomic E-state index is 0.182. The van der Waals surface area contributed by atoms with Gasteiger partial charge >= 0.3 is 0 Å². The Morgan fingerprint density at radius 2 is 2.00 bits per heavy atom. The smallest absolute Gasteiger partial charge is 0.237 e. The van der Waals surface area contributed by atoms with Crippen LogP contribution in [0.4, 0.5) is 8.78 Å². The van der Waals surface area contributed by atoms with Crippen molar-refractivity contribution in [3.05, 3.63) is 47.9 Å². The molecule has 0 radical (unpaired) electrons. The maximum atomic E-state index is 13.0. The van der Waals surface area contributed by atoms with Gasteiger partial charge in [0, 0.05) is 18.7 Å². The predicted octanol–water partition coefficient (Wildman–Crippen LogP) is 2.80. The number of nitrogens with zero attached hydrogens (tertiary/aromatic N) is 2. The Morgan fingerprint density at radius 1 is 1.15 bits per heavy atom. The van der Waals surface area contributed by atoms with E-state index in [1.54, 1.807) is 6.20 Å². The van der Waals surface area contributed by atoms with Crippen LogP contribution in [0.2, 0.25) is 0 Å². The van der Waals surface area contributed by atoms with Gasteiger partial charge in [-0.15, -0.1) is 0 Å². The second kappa shape index (κ2) is 5.50. The van der Waals surface area contributed by atoms with E-state index in [4.69, 9.17) is 4.74 Å². The van der Waals surface area contributed by atoms with Crippen LogP contribution >= 0.6 is 0 Å². The summed E-state index contributed by atoms with van der Waals surface area (Å²) in [6.45, 7) is 0.670. The Bertz CT molecular complexity index is 600. The van der Waals surface area contributed by atoms with Gasteiger partial charge in [-0.3, -0.25) is 4.98 Å². The molecule has 1 aliphatic rings. The highest BCUT2D eigenvalue weighted by Gasteiger charge is 2.20. The molecule has 1 heterocycles. The molecule has 6 heteroatoms. The molecule has 0 aliphatic heterocycles. The Labute approximate surface area is 114 Å². The third-order valence-corrected chi connectivity index (χ3v) is 2.94. The van der Waals surface area contributed by atoms with Crippen molar-refractivity contribution in [1.29, 1.82) is 0 Å². The average molecular weight is 277 g/mol. The van der Waals surface area contributed by atoms with Crippen LogP contribution in [0.5, 0.6) is 11.6 Å². The lowest BCUT2D eigenvalue weighted by Crippen LogP contribution is -2.16. The molecule has 0 atom stereocenters. The van der Waals surface area contributed by atoms with Crippen LogP contribution in [0.3, 0.4) is 0 Å².